The summed E-state index contributed by atoms with van der Waals surface area (Å²) in [5.74, 6) is -0.262. The molecular weight excluding hydrogens is 486 g/mol. The molecule has 0 aliphatic heterocycles. The quantitative estimate of drug-likeness (QED) is 0.342. The van der Waals surface area contributed by atoms with E-state index in [2.05, 4.69) is 5.32 Å². The number of hydrogen-bond donors (Lipinski definition) is 1. The number of hydrogen-bond acceptors (Lipinski definition) is 7. The lowest BCUT2D eigenvalue weighted by Crippen LogP contribution is -2.38. The molecule has 0 saturated carbocycles. The number of non-ortho nitro benzene ring substituents is 1. The maximum absolute atomic E-state index is 13.4. The van der Waals surface area contributed by atoms with Crippen LogP contribution in [0.4, 0.5) is 17.1 Å². The van der Waals surface area contributed by atoms with Gasteiger partial charge in [-0.05, 0) is 36.4 Å². The van der Waals surface area contributed by atoms with Crippen molar-refractivity contribution < 1.29 is 27.6 Å². The van der Waals surface area contributed by atoms with Crippen molar-refractivity contribution in [1.29, 1.82) is 0 Å². The number of nitrogens with zero attached hydrogens (tertiary/aromatic N) is 2. The zero-order valence-electron chi connectivity index (χ0n) is 18.1. The lowest BCUT2D eigenvalue weighted by atomic mass is 10.2. The molecule has 0 heterocycles. The molecule has 0 bridgehead atoms. The summed E-state index contributed by atoms with van der Waals surface area (Å²) in [6, 6.07) is 15.5. The standard InChI is InChI=1S/C22H20ClN3O7S/c1-32-20-10-8-15(12-18(20)23)25(34(30,31)17-6-4-3-5-7-17)14-22(27)24-19-13-16(26(28)29)9-11-21(19)33-2/h3-13H,14H2,1-2H3,(H,24,27). The topological polar surface area (TPSA) is 128 Å². The second-order valence-corrected chi connectivity index (χ2v) is 9.10. The van der Waals surface area contributed by atoms with E-state index in [4.69, 9.17) is 21.1 Å². The summed E-state index contributed by atoms with van der Waals surface area (Å²) >= 11 is 6.20. The summed E-state index contributed by atoms with van der Waals surface area (Å²) in [5.41, 5.74) is -0.130. The Morgan fingerprint density at radius 2 is 1.68 bits per heavy atom. The van der Waals surface area contributed by atoms with E-state index in [0.717, 1.165) is 10.4 Å². The number of methoxy groups -OCH3 is 2. The van der Waals surface area contributed by atoms with Gasteiger partial charge in [-0.1, -0.05) is 29.8 Å². The minimum atomic E-state index is -4.18. The van der Waals surface area contributed by atoms with E-state index < -0.39 is 27.4 Å². The maximum atomic E-state index is 13.4. The van der Waals surface area contributed by atoms with Crippen molar-refractivity contribution in [2.45, 2.75) is 4.90 Å². The number of nitrogens with one attached hydrogen (secondary N) is 1. The Hall–Kier alpha value is -3.83. The van der Waals surface area contributed by atoms with Crippen LogP contribution in [0.3, 0.4) is 0 Å². The Balaban J connectivity index is 2.00. The van der Waals surface area contributed by atoms with Gasteiger partial charge in [-0.15, -0.1) is 0 Å². The Kier molecular flexibility index (Phi) is 7.59. The fourth-order valence-electron chi connectivity index (χ4n) is 3.07. The highest BCUT2D eigenvalue weighted by atomic mass is 35.5. The van der Waals surface area contributed by atoms with E-state index in [0.29, 0.717) is 5.75 Å². The highest BCUT2D eigenvalue weighted by Gasteiger charge is 2.28. The van der Waals surface area contributed by atoms with Crippen LogP contribution in [0, 0.1) is 10.1 Å². The van der Waals surface area contributed by atoms with Gasteiger partial charge in [0.25, 0.3) is 15.7 Å². The van der Waals surface area contributed by atoms with Crippen LogP contribution in [0.25, 0.3) is 0 Å². The van der Waals surface area contributed by atoms with E-state index in [1.165, 1.54) is 56.7 Å². The van der Waals surface area contributed by atoms with E-state index in [1.807, 2.05) is 0 Å². The van der Waals surface area contributed by atoms with Crippen LogP contribution in [0.15, 0.2) is 71.6 Å². The van der Waals surface area contributed by atoms with Crippen LogP contribution in [-0.4, -0.2) is 40.0 Å². The number of ether oxygens (including phenoxy) is 2. The van der Waals surface area contributed by atoms with Gasteiger partial charge < -0.3 is 14.8 Å². The number of anilines is 2. The number of benzene rings is 3. The normalized spacial score (nSPS) is 10.9. The number of rotatable bonds is 9. The van der Waals surface area contributed by atoms with E-state index in [-0.39, 0.29) is 32.7 Å². The van der Waals surface area contributed by atoms with Gasteiger partial charge in [0.2, 0.25) is 5.91 Å². The van der Waals surface area contributed by atoms with Gasteiger partial charge in [-0.2, -0.15) is 0 Å². The van der Waals surface area contributed by atoms with Crippen LogP contribution in [0.5, 0.6) is 11.5 Å². The molecule has 1 amide bonds. The Morgan fingerprint density at radius 1 is 1.03 bits per heavy atom. The molecule has 0 spiro atoms. The summed E-state index contributed by atoms with van der Waals surface area (Å²) in [4.78, 5) is 23.4. The number of sulfonamides is 1. The average Bonchev–Trinajstić information content (AvgIpc) is 2.82. The van der Waals surface area contributed by atoms with Crippen LogP contribution < -0.4 is 19.1 Å². The molecule has 0 unspecified atom stereocenters. The van der Waals surface area contributed by atoms with Gasteiger partial charge >= 0.3 is 0 Å². The third kappa shape index (κ3) is 5.38. The highest BCUT2D eigenvalue weighted by molar-refractivity contribution is 7.92. The molecule has 178 valence electrons. The molecule has 3 aromatic carbocycles. The third-order valence-corrected chi connectivity index (χ3v) is 6.79. The van der Waals surface area contributed by atoms with Crippen molar-refractivity contribution in [3.8, 4) is 11.5 Å². The van der Waals surface area contributed by atoms with Crippen molar-refractivity contribution in [2.75, 3.05) is 30.4 Å². The predicted molar refractivity (Wildman–Crippen MR) is 127 cm³/mol. The fraction of sp³-hybridized carbons (Fsp3) is 0.136. The minimum absolute atomic E-state index is 0.0199. The molecule has 0 aromatic heterocycles. The molecule has 0 radical (unpaired) electrons. The summed E-state index contributed by atoms with van der Waals surface area (Å²) in [5, 5.41) is 13.7. The monoisotopic (exact) mass is 505 g/mol. The van der Waals surface area contributed by atoms with Crippen molar-refractivity contribution in [3.63, 3.8) is 0 Å². The molecular formula is C22H20ClN3O7S. The van der Waals surface area contributed by atoms with E-state index in [1.54, 1.807) is 18.2 Å². The molecule has 10 nitrogen and oxygen atoms in total. The largest absolute Gasteiger partial charge is 0.495 e. The molecule has 3 aromatic rings. The van der Waals surface area contributed by atoms with Crippen molar-refractivity contribution in [1.82, 2.24) is 0 Å². The smallest absolute Gasteiger partial charge is 0.271 e. The van der Waals surface area contributed by atoms with E-state index >= 15 is 0 Å². The van der Waals surface area contributed by atoms with Crippen molar-refractivity contribution in [3.05, 3.63) is 81.9 Å². The second kappa shape index (κ2) is 10.4. The first-order valence-electron chi connectivity index (χ1n) is 9.71. The zero-order chi connectivity index (χ0) is 24.9. The number of amides is 1. The Morgan fingerprint density at radius 3 is 2.26 bits per heavy atom. The Bertz CT molecular complexity index is 1320. The fourth-order valence-corrected chi connectivity index (χ4v) is 4.76. The maximum Gasteiger partial charge on any atom is 0.271 e. The summed E-state index contributed by atoms with van der Waals surface area (Å²) in [6.07, 6.45) is 0. The minimum Gasteiger partial charge on any atom is -0.495 e. The van der Waals surface area contributed by atoms with Crippen molar-refractivity contribution in [2.24, 2.45) is 0 Å². The average molecular weight is 506 g/mol. The Labute approximate surface area is 200 Å². The lowest BCUT2D eigenvalue weighted by Gasteiger charge is -2.24. The van der Waals surface area contributed by atoms with Gasteiger partial charge in [-0.3, -0.25) is 19.2 Å². The first kappa shape index (κ1) is 24.8. The van der Waals surface area contributed by atoms with Gasteiger partial charge in [0.05, 0.1) is 40.4 Å². The summed E-state index contributed by atoms with van der Waals surface area (Å²) in [7, 11) is -1.43. The predicted octanol–water partition coefficient (Wildman–Crippen LogP) is 4.10. The molecule has 3 rings (SSSR count). The highest BCUT2D eigenvalue weighted by Crippen LogP contribution is 2.33. The van der Waals surface area contributed by atoms with Gasteiger partial charge in [-0.25, -0.2) is 8.42 Å². The lowest BCUT2D eigenvalue weighted by molar-refractivity contribution is -0.384. The molecule has 0 fully saturated rings. The number of nitro groups is 1. The molecule has 1 N–H and O–H groups in total. The van der Waals surface area contributed by atoms with Crippen molar-refractivity contribution >= 4 is 44.6 Å². The van der Waals surface area contributed by atoms with Crippen LogP contribution in [0.1, 0.15) is 0 Å². The first-order valence-corrected chi connectivity index (χ1v) is 11.5. The SMILES string of the molecule is COc1ccc(N(CC(=O)Nc2cc([N+](=O)[O-])ccc2OC)S(=O)(=O)c2ccccc2)cc1Cl. The van der Waals surface area contributed by atoms with Gasteiger partial charge in [0, 0.05) is 12.1 Å². The summed E-state index contributed by atoms with van der Waals surface area (Å²) in [6.45, 7) is -0.647. The number of carbonyl (C=O) groups is 1. The molecule has 0 atom stereocenters. The van der Waals surface area contributed by atoms with Gasteiger partial charge in [0.15, 0.2) is 0 Å². The zero-order valence-corrected chi connectivity index (χ0v) is 19.7. The molecule has 34 heavy (non-hydrogen) atoms. The first-order chi connectivity index (χ1) is 16.2. The molecule has 12 heteroatoms. The number of nitro benzene ring substituents is 1. The summed E-state index contributed by atoms with van der Waals surface area (Å²) < 4.78 is 38.0. The van der Waals surface area contributed by atoms with E-state index in [9.17, 15) is 23.3 Å². The second-order valence-electron chi connectivity index (χ2n) is 6.83. The van der Waals surface area contributed by atoms with Crippen LogP contribution in [-0.2, 0) is 14.8 Å². The van der Waals surface area contributed by atoms with Crippen LogP contribution >= 0.6 is 11.6 Å². The third-order valence-electron chi connectivity index (χ3n) is 4.71. The number of halogens is 1. The van der Waals surface area contributed by atoms with Crippen LogP contribution in [0.2, 0.25) is 5.02 Å². The molecule has 0 aliphatic rings. The van der Waals surface area contributed by atoms with Gasteiger partial charge in [0.1, 0.15) is 18.0 Å². The molecule has 0 saturated heterocycles. The molecule has 0 aliphatic carbocycles. The number of carbonyl (C=O) groups excluding carboxylic acids is 1.